The summed E-state index contributed by atoms with van der Waals surface area (Å²) >= 11 is 12.1. The van der Waals surface area contributed by atoms with Gasteiger partial charge in [0.15, 0.2) is 11.5 Å². The predicted octanol–water partition coefficient (Wildman–Crippen LogP) is 5.64. The highest BCUT2D eigenvalue weighted by Gasteiger charge is 2.32. The van der Waals surface area contributed by atoms with Gasteiger partial charge >= 0.3 is 6.03 Å². The number of carbonyl (C=O) groups is 1. The zero-order valence-corrected chi connectivity index (χ0v) is 15.6. The van der Waals surface area contributed by atoms with Gasteiger partial charge in [0.25, 0.3) is 0 Å². The van der Waals surface area contributed by atoms with Crippen LogP contribution in [0.3, 0.4) is 0 Å². The summed E-state index contributed by atoms with van der Waals surface area (Å²) in [5.74, 6) is 0.600. The molecular formula is C19H17Cl2N3O2. The van der Waals surface area contributed by atoms with Gasteiger partial charge in [-0.2, -0.15) is 0 Å². The van der Waals surface area contributed by atoms with Crippen molar-refractivity contribution >= 4 is 46.0 Å². The number of carbonyl (C=O) groups excluding carboxylic acids is 1. The number of nitrogens with zero attached hydrogens (tertiary/aromatic N) is 2. The Labute approximate surface area is 160 Å². The van der Waals surface area contributed by atoms with Gasteiger partial charge in [0, 0.05) is 31.3 Å². The summed E-state index contributed by atoms with van der Waals surface area (Å²) in [6.45, 7) is 2.28. The summed E-state index contributed by atoms with van der Waals surface area (Å²) in [5, 5.41) is 3.95. The van der Waals surface area contributed by atoms with E-state index in [1.54, 1.807) is 25.1 Å². The lowest BCUT2D eigenvalue weighted by Gasteiger charge is -2.23. The molecule has 2 amide bonds. The number of rotatable bonds is 4. The van der Waals surface area contributed by atoms with Crippen molar-refractivity contribution in [3.63, 3.8) is 0 Å². The first-order valence-corrected chi connectivity index (χ1v) is 9.14. The molecule has 5 nitrogen and oxygen atoms in total. The second-order valence-electron chi connectivity index (χ2n) is 6.45. The second kappa shape index (κ2) is 6.82. The SMILES string of the molecule is Cc1nc2ccc(NC(=O)N(Cc3ccc(Cl)c(Cl)c3)C3CC3)cc2o1. The van der Waals surface area contributed by atoms with Gasteiger partial charge in [0.2, 0.25) is 0 Å². The van der Waals surface area contributed by atoms with Crippen LogP contribution in [0.25, 0.3) is 11.1 Å². The van der Waals surface area contributed by atoms with E-state index in [-0.39, 0.29) is 12.1 Å². The summed E-state index contributed by atoms with van der Waals surface area (Å²) in [7, 11) is 0. The van der Waals surface area contributed by atoms with E-state index in [9.17, 15) is 4.79 Å². The van der Waals surface area contributed by atoms with Crippen molar-refractivity contribution in [3.05, 3.63) is 57.9 Å². The third-order valence-corrected chi connectivity index (χ3v) is 5.07. The van der Waals surface area contributed by atoms with E-state index in [4.69, 9.17) is 27.6 Å². The molecule has 4 rings (SSSR count). The minimum Gasteiger partial charge on any atom is -0.441 e. The van der Waals surface area contributed by atoms with Gasteiger partial charge in [-0.1, -0.05) is 29.3 Å². The fourth-order valence-corrected chi connectivity index (χ4v) is 3.22. The minimum atomic E-state index is -0.144. The van der Waals surface area contributed by atoms with E-state index in [1.807, 2.05) is 23.1 Å². The Balaban J connectivity index is 1.52. The number of aromatic nitrogens is 1. The largest absolute Gasteiger partial charge is 0.441 e. The molecule has 0 radical (unpaired) electrons. The molecule has 0 saturated heterocycles. The molecule has 1 saturated carbocycles. The minimum absolute atomic E-state index is 0.144. The molecule has 1 aromatic heterocycles. The molecule has 3 aromatic rings. The number of anilines is 1. The highest BCUT2D eigenvalue weighted by atomic mass is 35.5. The summed E-state index contributed by atoms with van der Waals surface area (Å²) in [6.07, 6.45) is 2.02. The van der Waals surface area contributed by atoms with Crippen LogP contribution in [-0.4, -0.2) is 22.0 Å². The van der Waals surface area contributed by atoms with Gasteiger partial charge in [0.05, 0.1) is 10.0 Å². The van der Waals surface area contributed by atoms with Crippen LogP contribution in [0.1, 0.15) is 24.3 Å². The molecule has 0 aliphatic heterocycles. The predicted molar refractivity (Wildman–Crippen MR) is 103 cm³/mol. The average molecular weight is 390 g/mol. The standard InChI is InChI=1S/C19H17Cl2N3O2/c1-11-22-17-7-3-13(9-18(17)26-11)23-19(25)24(14-4-5-14)10-12-2-6-15(20)16(21)8-12/h2-3,6-9,14H,4-5,10H2,1H3,(H,23,25). The van der Waals surface area contributed by atoms with Crippen molar-refractivity contribution in [2.75, 3.05) is 5.32 Å². The molecule has 2 aromatic carbocycles. The Bertz CT molecular complexity index is 982. The van der Waals surface area contributed by atoms with Gasteiger partial charge in [-0.25, -0.2) is 9.78 Å². The molecule has 1 N–H and O–H groups in total. The number of nitrogens with one attached hydrogen (secondary N) is 1. The normalized spacial score (nSPS) is 13.8. The summed E-state index contributed by atoms with van der Waals surface area (Å²) in [4.78, 5) is 18.9. The molecule has 0 spiro atoms. The zero-order valence-electron chi connectivity index (χ0n) is 14.1. The molecule has 1 aliphatic carbocycles. The molecule has 0 unspecified atom stereocenters. The number of amides is 2. The number of urea groups is 1. The van der Waals surface area contributed by atoms with E-state index in [0.717, 1.165) is 23.9 Å². The summed E-state index contributed by atoms with van der Waals surface area (Å²) in [5.41, 5.74) is 3.05. The fraction of sp³-hybridized carbons (Fsp3) is 0.263. The number of aryl methyl sites for hydroxylation is 1. The van der Waals surface area contributed by atoms with Gasteiger partial charge in [-0.15, -0.1) is 0 Å². The second-order valence-corrected chi connectivity index (χ2v) is 7.27. The number of fused-ring (bicyclic) bond motifs is 1. The Morgan fingerprint density at radius 3 is 2.77 bits per heavy atom. The Morgan fingerprint density at radius 2 is 2.04 bits per heavy atom. The maximum Gasteiger partial charge on any atom is 0.322 e. The Hall–Kier alpha value is -2.24. The van der Waals surface area contributed by atoms with Crippen molar-refractivity contribution < 1.29 is 9.21 Å². The van der Waals surface area contributed by atoms with E-state index < -0.39 is 0 Å². The molecule has 1 heterocycles. The highest BCUT2D eigenvalue weighted by Crippen LogP contribution is 2.31. The highest BCUT2D eigenvalue weighted by molar-refractivity contribution is 6.42. The van der Waals surface area contributed by atoms with Crippen molar-refractivity contribution in [3.8, 4) is 0 Å². The number of benzene rings is 2. The Morgan fingerprint density at radius 1 is 1.23 bits per heavy atom. The van der Waals surface area contributed by atoms with Crippen LogP contribution in [0, 0.1) is 6.92 Å². The van der Waals surface area contributed by atoms with Gasteiger partial charge in [-0.3, -0.25) is 0 Å². The number of oxazole rings is 1. The third kappa shape index (κ3) is 3.64. The van der Waals surface area contributed by atoms with Gasteiger partial charge < -0.3 is 14.6 Å². The van der Waals surface area contributed by atoms with E-state index >= 15 is 0 Å². The zero-order chi connectivity index (χ0) is 18.3. The van der Waals surface area contributed by atoms with Crippen LogP contribution in [0.5, 0.6) is 0 Å². The van der Waals surface area contributed by atoms with Crippen molar-refractivity contribution in [2.45, 2.75) is 32.4 Å². The molecule has 134 valence electrons. The van der Waals surface area contributed by atoms with Gasteiger partial charge in [0.1, 0.15) is 5.52 Å². The van der Waals surface area contributed by atoms with E-state index in [0.29, 0.717) is 33.8 Å². The molecule has 0 atom stereocenters. The lowest BCUT2D eigenvalue weighted by atomic mass is 10.2. The molecule has 1 fully saturated rings. The first-order valence-electron chi connectivity index (χ1n) is 8.38. The molecular weight excluding hydrogens is 373 g/mol. The lowest BCUT2D eigenvalue weighted by Crippen LogP contribution is -2.36. The van der Waals surface area contributed by atoms with Gasteiger partial charge in [-0.05, 0) is 42.7 Å². The smallest absolute Gasteiger partial charge is 0.322 e. The average Bonchev–Trinajstić information content (AvgIpc) is 3.36. The van der Waals surface area contributed by atoms with Crippen molar-refractivity contribution in [1.82, 2.24) is 9.88 Å². The summed E-state index contributed by atoms with van der Waals surface area (Å²) < 4.78 is 5.53. The number of hydrogen-bond acceptors (Lipinski definition) is 3. The van der Waals surface area contributed by atoms with Crippen LogP contribution in [0.2, 0.25) is 10.0 Å². The molecule has 0 bridgehead atoms. The van der Waals surface area contributed by atoms with Crippen LogP contribution in [-0.2, 0) is 6.54 Å². The monoisotopic (exact) mass is 389 g/mol. The quantitative estimate of drug-likeness (QED) is 0.627. The molecule has 26 heavy (non-hydrogen) atoms. The van der Waals surface area contributed by atoms with Crippen LogP contribution >= 0.6 is 23.2 Å². The van der Waals surface area contributed by atoms with Crippen molar-refractivity contribution in [2.24, 2.45) is 0 Å². The van der Waals surface area contributed by atoms with Crippen LogP contribution in [0.4, 0.5) is 10.5 Å². The fourth-order valence-electron chi connectivity index (χ4n) is 2.90. The topological polar surface area (TPSA) is 58.4 Å². The number of hydrogen-bond donors (Lipinski definition) is 1. The summed E-state index contributed by atoms with van der Waals surface area (Å²) in [6, 6.07) is 11.0. The maximum absolute atomic E-state index is 12.8. The van der Waals surface area contributed by atoms with E-state index in [1.165, 1.54) is 0 Å². The molecule has 7 heteroatoms. The first-order chi connectivity index (χ1) is 12.5. The van der Waals surface area contributed by atoms with Crippen LogP contribution in [0.15, 0.2) is 40.8 Å². The lowest BCUT2D eigenvalue weighted by molar-refractivity contribution is 0.206. The van der Waals surface area contributed by atoms with Crippen molar-refractivity contribution in [1.29, 1.82) is 0 Å². The van der Waals surface area contributed by atoms with Crippen LogP contribution < -0.4 is 5.32 Å². The number of halogens is 2. The Kier molecular flexibility index (Phi) is 4.51. The third-order valence-electron chi connectivity index (χ3n) is 4.33. The van der Waals surface area contributed by atoms with E-state index in [2.05, 4.69) is 10.3 Å². The maximum atomic E-state index is 12.8. The molecule has 1 aliphatic rings. The first kappa shape index (κ1) is 17.2.